The Labute approximate surface area is 215 Å². The Kier molecular flexibility index (Phi) is 6.59. The van der Waals surface area contributed by atoms with Crippen molar-refractivity contribution in [1.29, 1.82) is 0 Å². The van der Waals surface area contributed by atoms with E-state index in [1.165, 1.54) is 7.11 Å². The van der Waals surface area contributed by atoms with Crippen molar-refractivity contribution < 1.29 is 23.1 Å². The minimum Gasteiger partial charge on any atom is -0.495 e. The molecule has 0 spiro atoms. The van der Waals surface area contributed by atoms with Gasteiger partial charge in [0.2, 0.25) is 5.95 Å². The van der Waals surface area contributed by atoms with Crippen LogP contribution >= 0.6 is 0 Å². The number of benzene rings is 1. The molecule has 11 heteroatoms. The highest BCUT2D eigenvalue weighted by atomic mass is 32.2. The molecule has 3 heterocycles. The standard InChI is InChI=1S/C26H29N5O5S/c1-26(16-32)7-5-21-19(26)13-18(15-28-21)20-6-8-27-25(29-20)30-22-4-3-17(14-23(22)36-2)24(33)31-9-11-37(34,35)12-10-31/h3-4,6,8,13-15,32H,5,7,9-12,16H2,1-2H3,(H,27,29,30). The number of aromatic nitrogens is 3. The molecular weight excluding hydrogens is 494 g/mol. The number of hydrogen-bond donors (Lipinski definition) is 2. The number of pyridine rings is 1. The Hall–Kier alpha value is -3.57. The largest absolute Gasteiger partial charge is 0.495 e. The van der Waals surface area contributed by atoms with Gasteiger partial charge in [-0.05, 0) is 48.7 Å². The van der Waals surface area contributed by atoms with Crippen LogP contribution in [0.2, 0.25) is 0 Å². The van der Waals surface area contributed by atoms with Crippen LogP contribution in [0.1, 0.15) is 35.0 Å². The summed E-state index contributed by atoms with van der Waals surface area (Å²) in [5, 5.41) is 13.1. The Morgan fingerprint density at radius 3 is 2.70 bits per heavy atom. The van der Waals surface area contributed by atoms with Crippen LogP contribution in [-0.4, -0.2) is 77.6 Å². The first-order chi connectivity index (χ1) is 17.7. The van der Waals surface area contributed by atoms with Gasteiger partial charge in [-0.2, -0.15) is 0 Å². The van der Waals surface area contributed by atoms with Crippen LogP contribution in [-0.2, 0) is 21.7 Å². The molecule has 3 aromatic rings. The molecule has 5 rings (SSSR count). The maximum Gasteiger partial charge on any atom is 0.254 e. The van der Waals surface area contributed by atoms with Crippen molar-refractivity contribution in [3.05, 3.63) is 59.5 Å². The number of aliphatic hydroxyl groups excluding tert-OH is 1. The Bertz CT molecular complexity index is 1450. The maximum absolute atomic E-state index is 12.9. The summed E-state index contributed by atoms with van der Waals surface area (Å²) < 4.78 is 28.9. The Morgan fingerprint density at radius 2 is 1.97 bits per heavy atom. The number of aliphatic hydroxyl groups is 1. The molecule has 194 valence electrons. The summed E-state index contributed by atoms with van der Waals surface area (Å²) in [6.07, 6.45) is 5.15. The van der Waals surface area contributed by atoms with Crippen molar-refractivity contribution >= 4 is 27.4 Å². The number of aryl methyl sites for hydroxylation is 1. The second-order valence-corrected chi connectivity index (χ2v) is 12.0. The van der Waals surface area contributed by atoms with Crippen LogP contribution < -0.4 is 10.1 Å². The number of ether oxygens (including phenoxy) is 1. The molecule has 37 heavy (non-hydrogen) atoms. The zero-order valence-electron chi connectivity index (χ0n) is 20.8. The van der Waals surface area contributed by atoms with Crippen molar-refractivity contribution in [2.45, 2.75) is 25.2 Å². The first-order valence-corrected chi connectivity index (χ1v) is 13.9. The number of anilines is 2. The molecule has 1 saturated heterocycles. The second-order valence-electron chi connectivity index (χ2n) is 9.69. The molecule has 0 saturated carbocycles. The van der Waals surface area contributed by atoms with Gasteiger partial charge in [0.1, 0.15) is 5.75 Å². The lowest BCUT2D eigenvalue weighted by molar-refractivity contribution is 0.0770. The van der Waals surface area contributed by atoms with Gasteiger partial charge in [-0.3, -0.25) is 9.78 Å². The van der Waals surface area contributed by atoms with Gasteiger partial charge in [0, 0.05) is 47.7 Å². The molecule has 0 radical (unpaired) electrons. The van der Waals surface area contributed by atoms with Gasteiger partial charge in [-0.25, -0.2) is 18.4 Å². The van der Waals surface area contributed by atoms with E-state index in [0.717, 1.165) is 29.7 Å². The number of carbonyl (C=O) groups excluding carboxylic acids is 1. The average molecular weight is 524 g/mol. The third-order valence-electron chi connectivity index (χ3n) is 7.16. The van der Waals surface area contributed by atoms with E-state index in [1.807, 2.05) is 13.0 Å². The lowest BCUT2D eigenvalue weighted by atomic mass is 9.85. The number of carbonyl (C=O) groups is 1. The maximum atomic E-state index is 12.9. The summed E-state index contributed by atoms with van der Waals surface area (Å²) in [6.45, 7) is 2.47. The second kappa shape index (κ2) is 9.71. The van der Waals surface area contributed by atoms with Crippen molar-refractivity contribution in [1.82, 2.24) is 19.9 Å². The number of rotatable bonds is 6. The summed E-state index contributed by atoms with van der Waals surface area (Å²) in [4.78, 5) is 28.0. The third kappa shape index (κ3) is 5.01. The molecule has 2 N–H and O–H groups in total. The van der Waals surface area contributed by atoms with Gasteiger partial charge in [0.15, 0.2) is 9.84 Å². The summed E-state index contributed by atoms with van der Waals surface area (Å²) in [5.41, 5.74) is 4.27. The molecule has 0 bridgehead atoms. The lowest BCUT2D eigenvalue weighted by Gasteiger charge is -2.27. The number of nitrogens with zero attached hydrogens (tertiary/aromatic N) is 4. The van der Waals surface area contributed by atoms with Gasteiger partial charge in [-0.1, -0.05) is 6.92 Å². The molecule has 1 aliphatic carbocycles. The van der Waals surface area contributed by atoms with E-state index in [2.05, 4.69) is 20.3 Å². The molecule has 1 unspecified atom stereocenters. The fourth-order valence-corrected chi connectivity index (χ4v) is 5.98. The van der Waals surface area contributed by atoms with E-state index in [9.17, 15) is 18.3 Å². The van der Waals surface area contributed by atoms with Crippen LogP contribution in [0.25, 0.3) is 11.3 Å². The van der Waals surface area contributed by atoms with Gasteiger partial charge < -0.3 is 20.1 Å². The quantitative estimate of drug-likeness (QED) is 0.499. The van der Waals surface area contributed by atoms with Gasteiger partial charge in [-0.15, -0.1) is 0 Å². The predicted octanol–water partition coefficient (Wildman–Crippen LogP) is 2.36. The molecule has 1 fully saturated rings. The molecule has 2 aliphatic rings. The molecule has 1 amide bonds. The van der Waals surface area contributed by atoms with Crippen LogP contribution in [0.15, 0.2) is 42.7 Å². The number of amides is 1. The zero-order chi connectivity index (χ0) is 26.2. The smallest absolute Gasteiger partial charge is 0.254 e. The SMILES string of the molecule is COc1cc(C(=O)N2CCS(=O)(=O)CC2)ccc1Nc1nccc(-c2cnc3c(c2)C(C)(CO)CC3)n1. The number of sulfone groups is 1. The van der Waals surface area contributed by atoms with Crippen molar-refractivity contribution in [3.8, 4) is 17.0 Å². The molecule has 10 nitrogen and oxygen atoms in total. The monoisotopic (exact) mass is 523 g/mol. The number of nitrogens with one attached hydrogen (secondary N) is 1. The van der Waals surface area contributed by atoms with E-state index in [1.54, 1.807) is 41.6 Å². The third-order valence-corrected chi connectivity index (χ3v) is 8.77. The van der Waals surface area contributed by atoms with Gasteiger partial charge >= 0.3 is 0 Å². The van der Waals surface area contributed by atoms with Crippen molar-refractivity contribution in [2.75, 3.05) is 43.6 Å². The summed E-state index contributed by atoms with van der Waals surface area (Å²) in [7, 11) is -1.57. The molecule has 1 aromatic carbocycles. The van der Waals surface area contributed by atoms with E-state index < -0.39 is 9.84 Å². The summed E-state index contributed by atoms with van der Waals surface area (Å²) >= 11 is 0. The van der Waals surface area contributed by atoms with E-state index in [0.29, 0.717) is 28.6 Å². The highest BCUT2D eigenvalue weighted by Gasteiger charge is 2.35. The molecule has 1 atom stereocenters. The van der Waals surface area contributed by atoms with Gasteiger partial charge in [0.05, 0.1) is 36.6 Å². The average Bonchev–Trinajstić information content (AvgIpc) is 3.25. The number of fused-ring (bicyclic) bond motifs is 1. The normalized spacial score (nSPS) is 20.4. The highest BCUT2D eigenvalue weighted by Crippen LogP contribution is 2.39. The van der Waals surface area contributed by atoms with Crippen LogP contribution in [0.5, 0.6) is 5.75 Å². The number of hydrogen-bond acceptors (Lipinski definition) is 9. The summed E-state index contributed by atoms with van der Waals surface area (Å²) in [5.74, 6) is 0.491. The van der Waals surface area contributed by atoms with E-state index in [-0.39, 0.29) is 42.5 Å². The minimum atomic E-state index is -3.08. The minimum absolute atomic E-state index is 0.0256. The zero-order valence-corrected chi connectivity index (χ0v) is 21.6. The topological polar surface area (TPSA) is 135 Å². The fourth-order valence-electron chi connectivity index (χ4n) is 4.77. The molecule has 2 aromatic heterocycles. The Balaban J connectivity index is 1.36. The van der Waals surface area contributed by atoms with Crippen molar-refractivity contribution in [2.24, 2.45) is 0 Å². The van der Waals surface area contributed by atoms with Crippen LogP contribution in [0.4, 0.5) is 11.6 Å². The first-order valence-electron chi connectivity index (χ1n) is 12.1. The van der Waals surface area contributed by atoms with E-state index in [4.69, 9.17) is 4.74 Å². The lowest BCUT2D eigenvalue weighted by Crippen LogP contribution is -2.43. The molecular formula is C26H29N5O5S. The first kappa shape index (κ1) is 25.1. The molecule has 1 aliphatic heterocycles. The predicted molar refractivity (Wildman–Crippen MR) is 139 cm³/mol. The van der Waals surface area contributed by atoms with Crippen molar-refractivity contribution in [3.63, 3.8) is 0 Å². The van der Waals surface area contributed by atoms with Crippen LogP contribution in [0.3, 0.4) is 0 Å². The Morgan fingerprint density at radius 1 is 1.19 bits per heavy atom. The highest BCUT2D eigenvalue weighted by molar-refractivity contribution is 7.91. The van der Waals surface area contributed by atoms with Crippen LogP contribution in [0, 0.1) is 0 Å². The number of methoxy groups -OCH3 is 1. The summed E-state index contributed by atoms with van der Waals surface area (Å²) in [6, 6.07) is 8.85. The fraction of sp³-hybridized carbons (Fsp3) is 0.385. The van der Waals surface area contributed by atoms with Gasteiger partial charge in [0.25, 0.3) is 5.91 Å². The van der Waals surface area contributed by atoms with E-state index >= 15 is 0 Å².